The van der Waals surface area contributed by atoms with Crippen molar-refractivity contribution in [1.29, 1.82) is 0 Å². The van der Waals surface area contributed by atoms with Crippen molar-refractivity contribution in [3.05, 3.63) is 0 Å². The Morgan fingerprint density at radius 2 is 1.22 bits per heavy atom. The lowest BCUT2D eigenvalue weighted by atomic mass is 10.1. The molecule has 16 nitrogen and oxygen atoms in total. The minimum absolute atomic E-state index is 0.0992. The van der Waals surface area contributed by atoms with E-state index in [1.165, 1.54) is 0 Å². The second-order valence-corrected chi connectivity index (χ2v) is 10.2. The monoisotopic (exact) mass is 585 g/mol. The average molecular weight is 586 g/mol. The highest BCUT2D eigenvalue weighted by atomic mass is 16.4. The number of nitrogens with zero attached hydrogens (tertiary/aromatic N) is 4. The average Bonchev–Trinajstić information content (AvgIpc) is 2.87. The summed E-state index contributed by atoms with van der Waals surface area (Å²) in [7, 11) is 0. The van der Waals surface area contributed by atoms with E-state index in [0.29, 0.717) is 26.2 Å². The molecule has 1 rings (SSSR count). The molecule has 1 aliphatic rings. The first-order valence-electron chi connectivity index (χ1n) is 13.4. The van der Waals surface area contributed by atoms with Gasteiger partial charge in [-0.3, -0.25) is 48.4 Å². The third-order valence-electron chi connectivity index (χ3n) is 6.49. The van der Waals surface area contributed by atoms with Gasteiger partial charge in [0, 0.05) is 58.3 Å². The van der Waals surface area contributed by atoms with Gasteiger partial charge in [0.25, 0.3) is 0 Å². The van der Waals surface area contributed by atoms with Gasteiger partial charge in [-0.1, -0.05) is 13.8 Å². The number of nitrogens with two attached hydrogens (primary N) is 1. The van der Waals surface area contributed by atoms with Crippen LogP contribution in [0.1, 0.15) is 20.3 Å². The van der Waals surface area contributed by atoms with Crippen molar-refractivity contribution in [1.82, 2.24) is 30.2 Å². The summed E-state index contributed by atoms with van der Waals surface area (Å²) in [5.74, 6) is -4.75. The number of nitrogens with one attached hydrogen (secondary N) is 2. The normalized spacial score (nSPS) is 17.5. The number of aldehydes is 1. The van der Waals surface area contributed by atoms with E-state index in [-0.39, 0.29) is 70.6 Å². The molecule has 1 saturated heterocycles. The predicted molar refractivity (Wildman–Crippen MR) is 146 cm³/mol. The van der Waals surface area contributed by atoms with Crippen LogP contribution in [0.25, 0.3) is 0 Å². The zero-order valence-electron chi connectivity index (χ0n) is 23.7. The maximum Gasteiger partial charge on any atom is 0.317 e. The highest BCUT2D eigenvalue weighted by molar-refractivity contribution is 5.94. The number of aliphatic carboxylic acids is 2. The quantitative estimate of drug-likeness (QED) is 0.117. The molecule has 6 N–H and O–H groups in total. The van der Waals surface area contributed by atoms with Gasteiger partial charge in [-0.2, -0.15) is 0 Å². The van der Waals surface area contributed by atoms with Crippen molar-refractivity contribution in [2.24, 2.45) is 11.7 Å². The summed E-state index contributed by atoms with van der Waals surface area (Å²) in [5.41, 5.74) is 5.26. The summed E-state index contributed by atoms with van der Waals surface area (Å²) < 4.78 is 0. The van der Waals surface area contributed by atoms with Gasteiger partial charge < -0.3 is 31.4 Å². The summed E-state index contributed by atoms with van der Waals surface area (Å²) in [5, 5.41) is 23.5. The van der Waals surface area contributed by atoms with Crippen LogP contribution in [0.15, 0.2) is 0 Å². The Labute approximate surface area is 239 Å². The van der Waals surface area contributed by atoms with E-state index in [4.69, 9.17) is 5.73 Å². The molecule has 232 valence electrons. The van der Waals surface area contributed by atoms with Crippen molar-refractivity contribution in [2.75, 3.05) is 85.1 Å². The Kier molecular flexibility index (Phi) is 16.3. The second kappa shape index (κ2) is 18.8. The maximum atomic E-state index is 12.9. The van der Waals surface area contributed by atoms with Crippen LogP contribution >= 0.6 is 0 Å². The number of carbonyl (C=O) groups is 7. The van der Waals surface area contributed by atoms with Crippen LogP contribution < -0.4 is 16.4 Å². The lowest BCUT2D eigenvalue weighted by Crippen LogP contribution is -2.53. The van der Waals surface area contributed by atoms with E-state index in [1.54, 1.807) is 28.5 Å². The molecular formula is C25H43N7O9. The molecule has 0 aromatic carbocycles. The molecule has 0 spiro atoms. The molecule has 1 atom stereocenters. The first kappa shape index (κ1) is 35.6. The van der Waals surface area contributed by atoms with Crippen molar-refractivity contribution in [3.63, 3.8) is 0 Å². The molecule has 0 bridgehead atoms. The van der Waals surface area contributed by atoms with Gasteiger partial charge in [-0.05, 0) is 0 Å². The summed E-state index contributed by atoms with van der Waals surface area (Å²) in [6.07, 6.45) is 0.260. The molecule has 0 saturated carbocycles. The highest BCUT2D eigenvalue weighted by Crippen LogP contribution is 2.02. The number of carbonyl (C=O) groups excluding carboxylic acids is 5. The number of hydrogen-bond donors (Lipinski definition) is 5. The molecule has 16 heteroatoms. The van der Waals surface area contributed by atoms with Crippen LogP contribution in [0, 0.1) is 5.92 Å². The van der Waals surface area contributed by atoms with E-state index in [9.17, 15) is 43.8 Å². The first-order valence-corrected chi connectivity index (χ1v) is 13.4. The molecule has 41 heavy (non-hydrogen) atoms. The largest absolute Gasteiger partial charge is 0.480 e. The van der Waals surface area contributed by atoms with Gasteiger partial charge in [-0.25, -0.2) is 0 Å². The number of hydrogen-bond acceptors (Lipinski definition) is 11. The molecule has 0 radical (unpaired) electrons. The van der Waals surface area contributed by atoms with Crippen molar-refractivity contribution in [3.8, 4) is 0 Å². The van der Waals surface area contributed by atoms with Crippen molar-refractivity contribution in [2.45, 2.75) is 26.3 Å². The number of carboxylic acid groups (broad SMARTS) is 2. The molecule has 0 aliphatic carbocycles. The van der Waals surface area contributed by atoms with E-state index >= 15 is 0 Å². The Hall–Kier alpha value is -3.47. The predicted octanol–water partition coefficient (Wildman–Crippen LogP) is -3.72. The van der Waals surface area contributed by atoms with Gasteiger partial charge in [-0.15, -0.1) is 0 Å². The molecule has 1 heterocycles. The fraction of sp³-hybridized carbons (Fsp3) is 0.720. The van der Waals surface area contributed by atoms with Crippen LogP contribution in [-0.2, 0) is 33.6 Å². The first-order chi connectivity index (χ1) is 19.3. The Morgan fingerprint density at radius 1 is 0.780 bits per heavy atom. The maximum absolute atomic E-state index is 12.9. The fourth-order valence-corrected chi connectivity index (χ4v) is 4.08. The van der Waals surface area contributed by atoms with Gasteiger partial charge in [0.05, 0.1) is 39.1 Å². The third kappa shape index (κ3) is 15.8. The Morgan fingerprint density at radius 3 is 1.61 bits per heavy atom. The van der Waals surface area contributed by atoms with Crippen LogP contribution in [0.4, 0.5) is 0 Å². The minimum Gasteiger partial charge on any atom is -0.480 e. The van der Waals surface area contributed by atoms with E-state index in [2.05, 4.69) is 10.6 Å². The third-order valence-corrected chi connectivity index (χ3v) is 6.49. The summed E-state index contributed by atoms with van der Waals surface area (Å²) >= 11 is 0. The van der Waals surface area contributed by atoms with Gasteiger partial charge in [0.2, 0.25) is 17.7 Å². The number of amides is 3. The zero-order chi connectivity index (χ0) is 30.9. The van der Waals surface area contributed by atoms with Crippen LogP contribution in [-0.4, -0.2) is 163 Å². The lowest BCUT2D eigenvalue weighted by Gasteiger charge is -2.33. The minimum atomic E-state index is -1.29. The van der Waals surface area contributed by atoms with E-state index in [0.717, 1.165) is 6.29 Å². The van der Waals surface area contributed by atoms with E-state index < -0.39 is 42.1 Å². The van der Waals surface area contributed by atoms with Crippen LogP contribution in [0.5, 0.6) is 0 Å². The molecule has 0 aromatic rings. The van der Waals surface area contributed by atoms with Crippen LogP contribution in [0.3, 0.4) is 0 Å². The van der Waals surface area contributed by atoms with Gasteiger partial charge in [0.15, 0.2) is 5.78 Å². The van der Waals surface area contributed by atoms with Crippen molar-refractivity contribution >= 4 is 41.7 Å². The molecular weight excluding hydrogens is 542 g/mol. The summed E-state index contributed by atoms with van der Waals surface area (Å²) in [4.78, 5) is 89.8. The number of carboxylic acids is 2. The second-order valence-electron chi connectivity index (χ2n) is 10.2. The van der Waals surface area contributed by atoms with Gasteiger partial charge >= 0.3 is 11.9 Å². The zero-order valence-corrected chi connectivity index (χ0v) is 23.7. The molecule has 0 aromatic heterocycles. The van der Waals surface area contributed by atoms with Gasteiger partial charge in [0.1, 0.15) is 12.3 Å². The topological polar surface area (TPSA) is 223 Å². The Balaban J connectivity index is 2.99. The van der Waals surface area contributed by atoms with E-state index in [1.807, 2.05) is 4.90 Å². The lowest BCUT2D eigenvalue weighted by molar-refractivity contribution is -0.140. The highest BCUT2D eigenvalue weighted by Gasteiger charge is 2.25. The SMILES string of the molecule is CC(C)C(=O)CNC(=O)C(CC(N)=O)NC(=O)CN1CCN(CC=O)CCN(CC(=O)O)CCN(CC(=O)O)CC1. The number of Topliss-reactive ketones (excluding diaryl/α,β-unsaturated/α-hetero) is 1. The molecule has 1 fully saturated rings. The summed E-state index contributed by atoms with van der Waals surface area (Å²) in [6.45, 7) is 4.91. The summed E-state index contributed by atoms with van der Waals surface area (Å²) in [6, 6.07) is -1.29. The van der Waals surface area contributed by atoms with Crippen molar-refractivity contribution < 1.29 is 43.8 Å². The Bertz CT molecular complexity index is 931. The van der Waals surface area contributed by atoms with Crippen LogP contribution in [0.2, 0.25) is 0 Å². The smallest absolute Gasteiger partial charge is 0.317 e. The molecule has 1 aliphatic heterocycles. The number of rotatable bonds is 15. The molecule has 3 amide bonds. The fourth-order valence-electron chi connectivity index (χ4n) is 4.08. The molecule has 1 unspecified atom stereocenters. The number of primary amides is 1. The number of ketones is 1. The standard InChI is InChI=1S/C25H43N7O9/c1-18(2)20(34)14-27-25(41)19(13-21(26)35)28-22(36)15-30-5-3-29(11-12-33)4-6-31(16-23(37)38)9-10-32(8-7-30)17-24(39)40/h12,18-19H,3-11,13-17H2,1-2H3,(H2,26,35)(H,27,41)(H,28,36)(H,37,38)(H,39,40).